The molecule has 6 nitrogen and oxygen atoms in total. The van der Waals surface area contributed by atoms with Gasteiger partial charge >= 0.3 is 6.18 Å². The van der Waals surface area contributed by atoms with Crippen LogP contribution in [0.25, 0.3) is 0 Å². The molecule has 0 saturated carbocycles. The number of halogens is 3. The van der Waals surface area contributed by atoms with E-state index in [-0.39, 0.29) is 30.1 Å². The third-order valence-electron chi connectivity index (χ3n) is 4.19. The number of ketones is 1. The van der Waals surface area contributed by atoms with Gasteiger partial charge in [0.2, 0.25) is 0 Å². The van der Waals surface area contributed by atoms with Gasteiger partial charge in [0.05, 0.1) is 18.8 Å². The van der Waals surface area contributed by atoms with Gasteiger partial charge in [-0.05, 0) is 23.6 Å². The van der Waals surface area contributed by atoms with Gasteiger partial charge in [-0.1, -0.05) is 19.1 Å². The Kier molecular flexibility index (Phi) is 5.31. The molecule has 1 saturated heterocycles. The van der Waals surface area contributed by atoms with Gasteiger partial charge in [-0.25, -0.2) is 0 Å². The van der Waals surface area contributed by atoms with Crippen molar-refractivity contribution >= 4 is 5.78 Å². The summed E-state index contributed by atoms with van der Waals surface area (Å²) < 4.78 is 48.3. The maximum absolute atomic E-state index is 12.6. The predicted molar refractivity (Wildman–Crippen MR) is 88.9 cm³/mol. The second kappa shape index (κ2) is 7.51. The number of aromatic nitrogens is 2. The van der Waals surface area contributed by atoms with Crippen LogP contribution in [0.5, 0.6) is 6.01 Å². The molecule has 0 amide bonds. The summed E-state index contributed by atoms with van der Waals surface area (Å²) in [4.78, 5) is 30.6. The number of alkyl halides is 3. The van der Waals surface area contributed by atoms with Gasteiger partial charge in [-0.2, -0.15) is 18.2 Å². The lowest BCUT2D eigenvalue weighted by molar-refractivity contribution is -0.137. The number of hydrogen-bond acceptors (Lipinski definition) is 5. The van der Waals surface area contributed by atoms with E-state index in [2.05, 4.69) is 9.97 Å². The molecule has 2 heterocycles. The molecular weight excluding hydrogens is 365 g/mol. The van der Waals surface area contributed by atoms with Crippen molar-refractivity contribution in [2.45, 2.75) is 31.5 Å². The van der Waals surface area contributed by atoms with Crippen LogP contribution in [-0.2, 0) is 10.9 Å². The lowest BCUT2D eigenvalue weighted by Crippen LogP contribution is -2.39. The molecular formula is C18H17F3N2O4. The van der Waals surface area contributed by atoms with Crippen LogP contribution in [0.15, 0.2) is 35.1 Å². The van der Waals surface area contributed by atoms with Gasteiger partial charge < -0.3 is 9.47 Å². The molecule has 0 aliphatic carbocycles. The van der Waals surface area contributed by atoms with Gasteiger partial charge in [0.25, 0.3) is 11.6 Å². The van der Waals surface area contributed by atoms with Crippen molar-refractivity contribution < 1.29 is 27.4 Å². The molecule has 27 heavy (non-hydrogen) atoms. The van der Waals surface area contributed by atoms with Crippen LogP contribution >= 0.6 is 0 Å². The van der Waals surface area contributed by atoms with E-state index in [1.54, 1.807) is 6.92 Å². The number of carbonyl (C=O) groups is 1. The third kappa shape index (κ3) is 4.73. The number of Topliss-reactive ketones (excluding diaryl/α,β-unsaturated/α-hetero) is 1. The zero-order valence-corrected chi connectivity index (χ0v) is 14.4. The molecule has 2 aromatic rings. The summed E-state index contributed by atoms with van der Waals surface area (Å²) >= 11 is 0. The SMILES string of the molecule is CC(CC(=O)c1cc(=O)[nH]c(OC2COC2)n1)c1ccc(C(F)(F)F)cc1. The molecule has 0 spiro atoms. The number of hydrogen-bond donors (Lipinski definition) is 1. The lowest BCUT2D eigenvalue weighted by atomic mass is 9.94. The van der Waals surface area contributed by atoms with E-state index in [0.717, 1.165) is 18.2 Å². The van der Waals surface area contributed by atoms with Crippen molar-refractivity contribution in [1.82, 2.24) is 9.97 Å². The van der Waals surface area contributed by atoms with Crippen LogP contribution in [0.4, 0.5) is 13.2 Å². The quantitative estimate of drug-likeness (QED) is 0.777. The normalized spacial score (nSPS) is 15.9. The summed E-state index contributed by atoms with van der Waals surface area (Å²) in [5, 5.41) is 0. The molecule has 1 aromatic carbocycles. The van der Waals surface area contributed by atoms with Gasteiger partial charge in [-0.3, -0.25) is 14.6 Å². The summed E-state index contributed by atoms with van der Waals surface area (Å²) in [5.74, 6) is -0.742. The molecule has 1 aromatic heterocycles. The van der Waals surface area contributed by atoms with Gasteiger partial charge in [-0.15, -0.1) is 0 Å². The summed E-state index contributed by atoms with van der Waals surface area (Å²) in [6.45, 7) is 2.48. The number of aromatic amines is 1. The molecule has 1 fully saturated rings. The van der Waals surface area contributed by atoms with Crippen molar-refractivity contribution in [3.63, 3.8) is 0 Å². The molecule has 1 aliphatic rings. The molecule has 9 heteroatoms. The smallest absolute Gasteiger partial charge is 0.416 e. The average Bonchev–Trinajstić information content (AvgIpc) is 2.57. The minimum atomic E-state index is -4.41. The van der Waals surface area contributed by atoms with E-state index in [1.165, 1.54) is 12.1 Å². The third-order valence-corrected chi connectivity index (χ3v) is 4.19. The van der Waals surface area contributed by atoms with Crippen LogP contribution in [-0.4, -0.2) is 35.1 Å². The number of benzene rings is 1. The Morgan fingerprint density at radius 3 is 2.56 bits per heavy atom. The van der Waals surface area contributed by atoms with Gasteiger partial charge in [0.15, 0.2) is 5.78 Å². The first-order chi connectivity index (χ1) is 12.7. The molecule has 3 rings (SSSR count). The number of nitrogens with zero attached hydrogens (tertiary/aromatic N) is 1. The highest BCUT2D eigenvalue weighted by Gasteiger charge is 2.30. The number of nitrogens with one attached hydrogen (secondary N) is 1. The second-order valence-electron chi connectivity index (χ2n) is 6.36. The monoisotopic (exact) mass is 382 g/mol. The van der Waals surface area contributed by atoms with E-state index in [9.17, 15) is 22.8 Å². The minimum Gasteiger partial charge on any atom is -0.456 e. The number of carbonyl (C=O) groups excluding carboxylic acids is 1. The molecule has 144 valence electrons. The van der Waals surface area contributed by atoms with Crippen LogP contribution < -0.4 is 10.3 Å². The van der Waals surface area contributed by atoms with Crippen molar-refractivity contribution in [1.29, 1.82) is 0 Å². The Balaban J connectivity index is 1.69. The molecule has 1 aliphatic heterocycles. The number of rotatable bonds is 6. The van der Waals surface area contributed by atoms with Crippen LogP contribution in [0.2, 0.25) is 0 Å². The standard InChI is InChI=1S/C18H17F3N2O4/c1-10(11-2-4-12(5-3-11)18(19,20)21)6-15(24)14-7-16(25)23-17(22-14)27-13-8-26-9-13/h2-5,7,10,13H,6,8-9H2,1H3,(H,22,23,25). The number of H-pyrrole nitrogens is 1. The average molecular weight is 382 g/mol. The summed E-state index contributed by atoms with van der Waals surface area (Å²) in [7, 11) is 0. The first-order valence-electron chi connectivity index (χ1n) is 8.28. The van der Waals surface area contributed by atoms with Crippen LogP contribution in [0.1, 0.15) is 40.9 Å². The lowest BCUT2D eigenvalue weighted by Gasteiger charge is -2.25. The fourth-order valence-corrected chi connectivity index (χ4v) is 2.58. The topological polar surface area (TPSA) is 81.3 Å². The highest BCUT2D eigenvalue weighted by Crippen LogP contribution is 2.30. The van der Waals surface area contributed by atoms with Crippen molar-refractivity contribution in [3.05, 3.63) is 57.5 Å². The number of ether oxygens (including phenoxy) is 2. The zero-order valence-electron chi connectivity index (χ0n) is 14.4. The first kappa shape index (κ1) is 19.1. The second-order valence-corrected chi connectivity index (χ2v) is 6.36. The zero-order chi connectivity index (χ0) is 19.6. The molecule has 1 atom stereocenters. The van der Waals surface area contributed by atoms with E-state index < -0.39 is 23.1 Å². The highest BCUT2D eigenvalue weighted by atomic mass is 19.4. The van der Waals surface area contributed by atoms with Crippen LogP contribution in [0, 0.1) is 0 Å². The minimum absolute atomic E-state index is 0.00615. The summed E-state index contributed by atoms with van der Waals surface area (Å²) in [5.41, 5.74) is -0.731. The molecule has 1 unspecified atom stereocenters. The van der Waals surface area contributed by atoms with E-state index >= 15 is 0 Å². The Hall–Kier alpha value is -2.68. The predicted octanol–water partition coefficient (Wildman–Crippen LogP) is 2.94. The van der Waals surface area contributed by atoms with Crippen molar-refractivity contribution in [2.24, 2.45) is 0 Å². The van der Waals surface area contributed by atoms with Crippen LogP contribution in [0.3, 0.4) is 0 Å². The van der Waals surface area contributed by atoms with E-state index in [4.69, 9.17) is 9.47 Å². The Bertz CT molecular complexity index is 873. The Labute approximate surface area is 152 Å². The Morgan fingerprint density at radius 1 is 1.33 bits per heavy atom. The maximum atomic E-state index is 12.6. The van der Waals surface area contributed by atoms with Crippen molar-refractivity contribution in [2.75, 3.05) is 13.2 Å². The fraction of sp³-hybridized carbons (Fsp3) is 0.389. The summed E-state index contributed by atoms with van der Waals surface area (Å²) in [6, 6.07) is 5.67. The Morgan fingerprint density at radius 2 is 2.00 bits per heavy atom. The molecule has 1 N–H and O–H groups in total. The highest BCUT2D eigenvalue weighted by molar-refractivity contribution is 5.94. The maximum Gasteiger partial charge on any atom is 0.416 e. The molecule has 0 bridgehead atoms. The molecule has 0 radical (unpaired) electrons. The van der Waals surface area contributed by atoms with Gasteiger partial charge in [0, 0.05) is 12.5 Å². The largest absolute Gasteiger partial charge is 0.456 e. The van der Waals surface area contributed by atoms with E-state index in [0.29, 0.717) is 18.8 Å². The first-order valence-corrected chi connectivity index (χ1v) is 8.28. The summed E-state index contributed by atoms with van der Waals surface area (Å²) in [6.07, 6.45) is -4.63. The van der Waals surface area contributed by atoms with Crippen molar-refractivity contribution in [3.8, 4) is 6.01 Å². The fourth-order valence-electron chi connectivity index (χ4n) is 2.58. The van der Waals surface area contributed by atoms with E-state index in [1.807, 2.05) is 0 Å². The van der Waals surface area contributed by atoms with Gasteiger partial charge in [0.1, 0.15) is 11.8 Å².